The van der Waals surface area contributed by atoms with E-state index < -0.39 is 0 Å². The second kappa shape index (κ2) is 12.4. The fraction of sp³-hybridized carbons (Fsp3) is 0.214. The maximum Gasteiger partial charge on any atom is 0.148 e. The van der Waals surface area contributed by atoms with Gasteiger partial charge in [0.15, 0.2) is 0 Å². The number of benzene rings is 3. The molecule has 0 aliphatic heterocycles. The fourth-order valence-electron chi connectivity index (χ4n) is 4.02. The van der Waals surface area contributed by atoms with Gasteiger partial charge in [-0.15, -0.1) is 0 Å². The zero-order valence-corrected chi connectivity index (χ0v) is 22.1. The molecule has 37 heavy (non-hydrogen) atoms. The monoisotopic (exact) mass is 528 g/mol. The van der Waals surface area contributed by atoms with E-state index in [0.717, 1.165) is 38.2 Å². The number of aryl methyl sites for hydroxylation is 2. The molecule has 0 spiro atoms. The number of hydrogen-bond acceptors (Lipinski definition) is 3. The molecule has 0 radical (unpaired) electrons. The molecule has 2 aromatic heterocycles. The van der Waals surface area contributed by atoms with Crippen molar-refractivity contribution in [3.8, 4) is 0 Å². The van der Waals surface area contributed by atoms with Gasteiger partial charge in [-0.25, -0.2) is 8.78 Å². The predicted molar refractivity (Wildman–Crippen MR) is 150 cm³/mol. The summed E-state index contributed by atoms with van der Waals surface area (Å²) in [4.78, 5) is 4.05. The zero-order chi connectivity index (χ0) is 25.3. The molecule has 0 saturated carbocycles. The van der Waals surface area contributed by atoms with E-state index in [-0.39, 0.29) is 34.7 Å². The highest BCUT2D eigenvalue weighted by Gasteiger charge is 2.14. The summed E-state index contributed by atoms with van der Waals surface area (Å²) < 4.78 is 30.0. The number of aromatic amines is 1. The molecule has 9 N–H and O–H groups in total. The van der Waals surface area contributed by atoms with Crippen molar-refractivity contribution in [2.75, 3.05) is 0 Å². The van der Waals surface area contributed by atoms with Crippen LogP contribution in [-0.4, -0.2) is 19.9 Å². The van der Waals surface area contributed by atoms with Crippen LogP contribution in [0.25, 0.3) is 21.8 Å². The largest absolute Gasteiger partial charge is 0.412 e. The number of rotatable bonds is 4. The molecule has 0 amide bonds. The Morgan fingerprint density at radius 2 is 1.35 bits per heavy atom. The number of nitrogens with zero attached hydrogens (tertiary/aromatic N) is 1. The lowest BCUT2D eigenvalue weighted by atomic mass is 10.1. The molecule has 0 fully saturated rings. The van der Waals surface area contributed by atoms with E-state index in [1.807, 2.05) is 86.3 Å². The van der Waals surface area contributed by atoms with Crippen LogP contribution in [0.4, 0.5) is 8.78 Å². The standard InChI is InChI=1S/C17H17FN2S.C11H13FN2.2H2O/c1-11-8-14-9-13(12(2)19)10-16(18)17(14)20(11)21-15-6-4-3-5-7-15;1-6-3-9-4-8(7(2)13)5-10(12)11(9)14-6;;/h3-10,12H,19H2,1-2H3;3-5,7,14H,13H2,1-2H3;2*1H2/t12-;7-;;/m11../s1. The number of nitrogens with two attached hydrogens (primary N) is 2. The highest BCUT2D eigenvalue weighted by atomic mass is 32.2. The number of fused-ring (bicyclic) bond motifs is 2. The third kappa shape index (κ3) is 6.57. The first kappa shape index (κ1) is 30.0. The molecule has 0 aliphatic rings. The summed E-state index contributed by atoms with van der Waals surface area (Å²) >= 11 is 1.52. The van der Waals surface area contributed by atoms with Crippen LogP contribution in [0.3, 0.4) is 0 Å². The third-order valence-electron chi connectivity index (χ3n) is 5.83. The molecular formula is C28H34F2N4O2S. The van der Waals surface area contributed by atoms with Crippen LogP contribution < -0.4 is 11.5 Å². The fourth-order valence-corrected chi connectivity index (χ4v) is 4.99. The molecule has 9 heteroatoms. The molecule has 2 atom stereocenters. The van der Waals surface area contributed by atoms with Gasteiger partial charge in [0, 0.05) is 39.1 Å². The van der Waals surface area contributed by atoms with Gasteiger partial charge in [0.1, 0.15) is 11.6 Å². The van der Waals surface area contributed by atoms with Crippen LogP contribution in [0.1, 0.15) is 48.4 Å². The lowest BCUT2D eigenvalue weighted by Gasteiger charge is -2.10. The number of hydrogen-bond donors (Lipinski definition) is 3. The minimum atomic E-state index is -0.233. The van der Waals surface area contributed by atoms with Crippen LogP contribution in [0, 0.1) is 25.5 Å². The molecule has 6 nitrogen and oxygen atoms in total. The van der Waals surface area contributed by atoms with Crippen LogP contribution in [0.5, 0.6) is 0 Å². The zero-order valence-electron chi connectivity index (χ0n) is 21.3. The quantitative estimate of drug-likeness (QED) is 0.278. The van der Waals surface area contributed by atoms with Gasteiger partial charge < -0.3 is 27.4 Å². The Morgan fingerprint density at radius 1 is 0.784 bits per heavy atom. The molecule has 3 aromatic carbocycles. The number of nitrogens with one attached hydrogen (secondary N) is 1. The lowest BCUT2D eigenvalue weighted by molar-refractivity contribution is 0.631. The topological polar surface area (TPSA) is 136 Å². The third-order valence-corrected chi connectivity index (χ3v) is 6.97. The minimum Gasteiger partial charge on any atom is -0.412 e. The Balaban J connectivity index is 0.000000265. The highest BCUT2D eigenvalue weighted by molar-refractivity contribution is 7.98. The van der Waals surface area contributed by atoms with Crippen LogP contribution in [-0.2, 0) is 0 Å². The van der Waals surface area contributed by atoms with Gasteiger partial charge >= 0.3 is 0 Å². The smallest absolute Gasteiger partial charge is 0.148 e. The SMILES string of the molecule is Cc1cc2cc([C@@H](C)N)cc(F)c2[nH]1.Cc1cc2cc([C@@H](C)N)cc(F)c2n1Sc1ccccc1.O.O. The summed E-state index contributed by atoms with van der Waals surface area (Å²) in [7, 11) is 0. The summed E-state index contributed by atoms with van der Waals surface area (Å²) in [5.74, 6) is -0.459. The van der Waals surface area contributed by atoms with E-state index in [1.165, 1.54) is 24.1 Å². The number of H-pyrrole nitrogens is 1. The first-order chi connectivity index (χ1) is 16.6. The average molecular weight is 529 g/mol. The van der Waals surface area contributed by atoms with E-state index in [0.29, 0.717) is 11.0 Å². The first-order valence-electron chi connectivity index (χ1n) is 11.5. The molecule has 0 unspecified atom stereocenters. The van der Waals surface area contributed by atoms with Gasteiger partial charge in [0.2, 0.25) is 0 Å². The van der Waals surface area contributed by atoms with Crippen molar-refractivity contribution in [3.63, 3.8) is 0 Å². The molecule has 5 aromatic rings. The van der Waals surface area contributed by atoms with Gasteiger partial charge in [-0.2, -0.15) is 0 Å². The molecule has 2 heterocycles. The molecule has 5 rings (SSSR count). The molecule has 0 saturated heterocycles. The van der Waals surface area contributed by atoms with E-state index in [9.17, 15) is 8.78 Å². The van der Waals surface area contributed by atoms with Gasteiger partial charge in [-0.3, -0.25) is 3.97 Å². The van der Waals surface area contributed by atoms with Gasteiger partial charge in [-0.05, 0) is 99.3 Å². The summed E-state index contributed by atoms with van der Waals surface area (Å²) in [6.45, 7) is 7.61. The van der Waals surface area contributed by atoms with Crippen molar-refractivity contribution in [2.45, 2.75) is 44.7 Å². The predicted octanol–water partition coefficient (Wildman–Crippen LogP) is 5.65. The van der Waals surface area contributed by atoms with Crippen molar-refractivity contribution in [1.82, 2.24) is 8.96 Å². The van der Waals surface area contributed by atoms with Gasteiger partial charge in [-0.1, -0.05) is 18.2 Å². The van der Waals surface area contributed by atoms with Crippen molar-refractivity contribution in [3.05, 3.63) is 101 Å². The Kier molecular flexibility index (Phi) is 10.0. The molecule has 0 bridgehead atoms. The highest BCUT2D eigenvalue weighted by Crippen LogP contribution is 2.32. The number of halogens is 2. The second-order valence-electron chi connectivity index (χ2n) is 8.92. The van der Waals surface area contributed by atoms with Crippen molar-refractivity contribution < 1.29 is 19.7 Å². The first-order valence-corrected chi connectivity index (χ1v) is 12.3. The van der Waals surface area contributed by atoms with Crippen molar-refractivity contribution in [1.29, 1.82) is 0 Å². The van der Waals surface area contributed by atoms with Crippen LogP contribution >= 0.6 is 11.9 Å². The van der Waals surface area contributed by atoms with Crippen molar-refractivity contribution in [2.24, 2.45) is 11.5 Å². The second-order valence-corrected chi connectivity index (χ2v) is 9.94. The summed E-state index contributed by atoms with van der Waals surface area (Å²) in [5.41, 5.74) is 16.4. The van der Waals surface area contributed by atoms with E-state index in [1.54, 1.807) is 0 Å². The van der Waals surface area contributed by atoms with Crippen LogP contribution in [0.15, 0.2) is 71.6 Å². The van der Waals surface area contributed by atoms with Crippen LogP contribution in [0.2, 0.25) is 0 Å². The van der Waals surface area contributed by atoms with E-state index >= 15 is 0 Å². The van der Waals surface area contributed by atoms with Crippen molar-refractivity contribution >= 4 is 33.8 Å². The maximum absolute atomic E-state index is 14.5. The number of aromatic nitrogens is 2. The lowest BCUT2D eigenvalue weighted by Crippen LogP contribution is -2.05. The minimum absolute atomic E-state index is 0. The van der Waals surface area contributed by atoms with E-state index in [2.05, 4.69) is 4.98 Å². The normalized spacial score (nSPS) is 12.3. The summed E-state index contributed by atoms with van der Waals surface area (Å²) in [6.07, 6.45) is 0. The Labute approximate surface area is 219 Å². The van der Waals surface area contributed by atoms with Gasteiger partial charge in [0.25, 0.3) is 0 Å². The maximum atomic E-state index is 14.5. The molecule has 198 valence electrons. The molecular weight excluding hydrogens is 494 g/mol. The Bertz CT molecular complexity index is 1480. The Hall–Kier alpha value is -3.21. The molecule has 0 aliphatic carbocycles. The summed E-state index contributed by atoms with van der Waals surface area (Å²) in [6, 6.07) is 20.5. The Morgan fingerprint density at radius 3 is 1.95 bits per heavy atom. The van der Waals surface area contributed by atoms with Gasteiger partial charge in [0.05, 0.1) is 11.0 Å². The average Bonchev–Trinajstić information content (AvgIpc) is 3.34. The van der Waals surface area contributed by atoms with E-state index in [4.69, 9.17) is 11.5 Å². The summed E-state index contributed by atoms with van der Waals surface area (Å²) in [5, 5.41) is 1.78.